The van der Waals surface area contributed by atoms with Crippen molar-refractivity contribution < 1.29 is 19.1 Å². The molecule has 0 atom stereocenters. The van der Waals surface area contributed by atoms with Crippen molar-refractivity contribution in [1.82, 2.24) is 19.4 Å². The molecule has 0 saturated carbocycles. The van der Waals surface area contributed by atoms with E-state index in [-0.39, 0.29) is 24.2 Å². The molecule has 0 unspecified atom stereocenters. The molecule has 46 heavy (non-hydrogen) atoms. The molecule has 1 aliphatic rings. The summed E-state index contributed by atoms with van der Waals surface area (Å²) in [4.78, 5) is 48.7. The van der Waals surface area contributed by atoms with Gasteiger partial charge in [0.2, 0.25) is 0 Å². The third-order valence-electron chi connectivity index (χ3n) is 8.40. The summed E-state index contributed by atoms with van der Waals surface area (Å²) in [5.74, 6) is 0.599. The maximum Gasteiger partial charge on any atom is 0.338 e. The summed E-state index contributed by atoms with van der Waals surface area (Å²) in [6, 6.07) is 12.3. The molecule has 1 N–H and O–H groups in total. The van der Waals surface area contributed by atoms with E-state index in [0.717, 1.165) is 57.5 Å². The molecule has 1 aromatic heterocycles. The van der Waals surface area contributed by atoms with Gasteiger partial charge in [-0.15, -0.1) is 12.4 Å². The zero-order valence-electron chi connectivity index (χ0n) is 28.2. The fraction of sp³-hybridized carbons (Fsp3) is 0.556. The Hall–Kier alpha value is -3.43. The van der Waals surface area contributed by atoms with E-state index in [1.54, 1.807) is 31.2 Å². The van der Waals surface area contributed by atoms with Crippen molar-refractivity contribution in [3.05, 3.63) is 59.4 Å². The van der Waals surface area contributed by atoms with Crippen LogP contribution >= 0.6 is 12.4 Å². The first kappa shape index (κ1) is 37.0. The summed E-state index contributed by atoms with van der Waals surface area (Å²) in [6.45, 7) is 16.0. The number of imidazole rings is 1. The van der Waals surface area contributed by atoms with Crippen molar-refractivity contribution in [2.45, 2.75) is 79.7 Å². The lowest BCUT2D eigenvalue weighted by atomic mass is 10.1. The Kier molecular flexibility index (Phi) is 14.5. The average molecular weight is 654 g/mol. The predicted octanol–water partition coefficient (Wildman–Crippen LogP) is 7.30. The Morgan fingerprint density at radius 2 is 1.52 bits per heavy atom. The van der Waals surface area contributed by atoms with E-state index in [2.05, 4.69) is 37.9 Å². The van der Waals surface area contributed by atoms with E-state index < -0.39 is 5.97 Å². The van der Waals surface area contributed by atoms with Gasteiger partial charge in [-0.05, 0) is 113 Å². The minimum Gasteiger partial charge on any atom is -0.462 e. The summed E-state index contributed by atoms with van der Waals surface area (Å²) < 4.78 is 7.03. The number of benzene rings is 2. The monoisotopic (exact) mass is 653 g/mol. The van der Waals surface area contributed by atoms with Crippen LogP contribution < -0.4 is 5.32 Å². The third-order valence-corrected chi connectivity index (χ3v) is 8.40. The number of esters is 1. The van der Waals surface area contributed by atoms with Crippen LogP contribution in [0, 0.1) is 11.8 Å². The molecule has 2 heterocycles. The molecule has 3 aromatic rings. The van der Waals surface area contributed by atoms with Crippen LogP contribution in [0.5, 0.6) is 0 Å². The number of rotatable bonds is 15. The quantitative estimate of drug-likeness (QED) is 0.173. The van der Waals surface area contributed by atoms with Gasteiger partial charge >= 0.3 is 5.97 Å². The molecule has 0 radical (unpaired) electrons. The standard InChI is InChI=1S/C36H51N5O4.ClH/c1-6-45-36(44)28-11-14-30(15-12-28)37-34(42)33-38-31-16-13-29(35(43)40(23-17-26(2)3)24-18-27(4)5)25-32(31)41(33)22-10-21-39-19-8-7-9-20-39;/h11-16,25-27H,6-10,17-24H2,1-5H3,(H,37,42);1H. The van der Waals surface area contributed by atoms with Crippen molar-refractivity contribution >= 4 is 46.9 Å². The van der Waals surface area contributed by atoms with Gasteiger partial charge in [-0.2, -0.15) is 0 Å². The maximum absolute atomic E-state index is 13.8. The molecule has 2 aromatic carbocycles. The van der Waals surface area contributed by atoms with Gasteiger partial charge in [0.15, 0.2) is 5.82 Å². The fourth-order valence-corrected chi connectivity index (χ4v) is 5.71. The van der Waals surface area contributed by atoms with Gasteiger partial charge in [0.25, 0.3) is 11.8 Å². The summed E-state index contributed by atoms with van der Waals surface area (Å²) in [7, 11) is 0. The highest BCUT2D eigenvalue weighted by molar-refractivity contribution is 6.05. The molecule has 1 fully saturated rings. The average Bonchev–Trinajstić information content (AvgIpc) is 3.39. The van der Waals surface area contributed by atoms with Crippen LogP contribution in [0.15, 0.2) is 42.5 Å². The largest absolute Gasteiger partial charge is 0.462 e. The fourth-order valence-electron chi connectivity index (χ4n) is 5.71. The predicted molar refractivity (Wildman–Crippen MR) is 187 cm³/mol. The number of fused-ring (bicyclic) bond motifs is 1. The van der Waals surface area contributed by atoms with Crippen LogP contribution in [0.1, 0.15) is 104 Å². The van der Waals surface area contributed by atoms with Crippen molar-refractivity contribution in [1.29, 1.82) is 0 Å². The number of hydrogen-bond donors (Lipinski definition) is 1. The first-order valence-electron chi connectivity index (χ1n) is 16.8. The number of carbonyl (C=O) groups excluding carboxylic acids is 3. The van der Waals surface area contributed by atoms with E-state index in [1.165, 1.54) is 19.3 Å². The van der Waals surface area contributed by atoms with Gasteiger partial charge in [0.05, 0.1) is 23.2 Å². The zero-order chi connectivity index (χ0) is 32.3. The first-order valence-corrected chi connectivity index (χ1v) is 16.8. The number of hydrogen-bond acceptors (Lipinski definition) is 6. The van der Waals surface area contributed by atoms with Gasteiger partial charge in [-0.25, -0.2) is 9.78 Å². The molecule has 2 amide bonds. The van der Waals surface area contributed by atoms with Crippen molar-refractivity contribution in [3.8, 4) is 0 Å². The number of nitrogens with one attached hydrogen (secondary N) is 1. The van der Waals surface area contributed by atoms with Crippen molar-refractivity contribution in [3.63, 3.8) is 0 Å². The smallest absolute Gasteiger partial charge is 0.338 e. The molecule has 4 rings (SSSR count). The van der Waals surface area contributed by atoms with Crippen LogP contribution in [0.3, 0.4) is 0 Å². The van der Waals surface area contributed by atoms with Gasteiger partial charge < -0.3 is 24.4 Å². The van der Waals surface area contributed by atoms with E-state index in [9.17, 15) is 14.4 Å². The molecule has 0 bridgehead atoms. The Labute approximate surface area is 280 Å². The number of likely N-dealkylation sites (tertiary alicyclic amines) is 1. The summed E-state index contributed by atoms with van der Waals surface area (Å²) in [5, 5.41) is 2.95. The van der Waals surface area contributed by atoms with Crippen molar-refractivity contribution in [2.24, 2.45) is 11.8 Å². The SMILES string of the molecule is CCOC(=O)c1ccc(NC(=O)c2nc3ccc(C(=O)N(CCC(C)C)CCC(C)C)cc3n2CCCN2CCCCC2)cc1.Cl. The summed E-state index contributed by atoms with van der Waals surface area (Å²) in [5.41, 5.74) is 3.07. The highest BCUT2D eigenvalue weighted by Gasteiger charge is 2.22. The lowest BCUT2D eigenvalue weighted by Gasteiger charge is -2.26. The number of aryl methyl sites for hydroxylation is 1. The lowest BCUT2D eigenvalue weighted by Crippen LogP contribution is -2.34. The lowest BCUT2D eigenvalue weighted by molar-refractivity contribution is 0.0526. The molecule has 0 spiro atoms. The van der Waals surface area contributed by atoms with E-state index in [4.69, 9.17) is 9.72 Å². The Morgan fingerprint density at radius 1 is 0.891 bits per heavy atom. The molecule has 1 saturated heterocycles. The minimum atomic E-state index is -0.400. The van der Waals surface area contributed by atoms with Gasteiger partial charge in [0.1, 0.15) is 0 Å². The molecule has 252 valence electrons. The summed E-state index contributed by atoms with van der Waals surface area (Å²) >= 11 is 0. The molecular formula is C36H52ClN5O4. The number of nitrogens with zero attached hydrogens (tertiary/aromatic N) is 4. The molecule has 9 nitrogen and oxygen atoms in total. The van der Waals surface area contributed by atoms with Gasteiger partial charge in [0, 0.05) is 30.9 Å². The number of anilines is 1. The van der Waals surface area contributed by atoms with E-state index in [0.29, 0.717) is 53.1 Å². The van der Waals surface area contributed by atoms with E-state index >= 15 is 0 Å². The van der Waals surface area contributed by atoms with Crippen LogP contribution in [0.25, 0.3) is 11.0 Å². The topological polar surface area (TPSA) is 96.8 Å². The van der Waals surface area contributed by atoms with Gasteiger partial charge in [-0.3, -0.25) is 9.59 Å². The molecule has 10 heteroatoms. The number of amides is 2. The molecule has 0 aliphatic carbocycles. The Balaban J connectivity index is 0.00000576. The normalized spacial score (nSPS) is 13.5. The molecular weight excluding hydrogens is 602 g/mol. The number of ether oxygens (including phenoxy) is 1. The van der Waals surface area contributed by atoms with Crippen molar-refractivity contribution in [2.75, 3.05) is 44.6 Å². The van der Waals surface area contributed by atoms with Crippen LogP contribution in [-0.2, 0) is 11.3 Å². The minimum absolute atomic E-state index is 0. The Morgan fingerprint density at radius 3 is 2.13 bits per heavy atom. The summed E-state index contributed by atoms with van der Waals surface area (Å²) in [6.07, 6.45) is 6.51. The first-order chi connectivity index (χ1) is 21.7. The van der Waals surface area contributed by atoms with Crippen LogP contribution in [0.2, 0.25) is 0 Å². The highest BCUT2D eigenvalue weighted by atomic mass is 35.5. The highest BCUT2D eigenvalue weighted by Crippen LogP contribution is 2.23. The number of piperidine rings is 1. The third kappa shape index (κ3) is 10.3. The van der Waals surface area contributed by atoms with Crippen LogP contribution in [-0.4, -0.2) is 76.5 Å². The maximum atomic E-state index is 13.8. The molecule has 1 aliphatic heterocycles. The second kappa shape index (κ2) is 18.0. The van der Waals surface area contributed by atoms with Gasteiger partial charge in [-0.1, -0.05) is 34.1 Å². The number of aromatic nitrogens is 2. The number of carbonyl (C=O) groups is 3. The van der Waals surface area contributed by atoms with Crippen LogP contribution in [0.4, 0.5) is 5.69 Å². The van der Waals surface area contributed by atoms with E-state index in [1.807, 2.05) is 27.7 Å². The second-order valence-corrected chi connectivity index (χ2v) is 13.0. The number of halogens is 1. The zero-order valence-corrected chi connectivity index (χ0v) is 29.0. The second-order valence-electron chi connectivity index (χ2n) is 13.0. The Bertz CT molecular complexity index is 1420.